The number of hydrogen-bond acceptors (Lipinski definition) is 4. The first-order valence-corrected chi connectivity index (χ1v) is 8.13. The lowest BCUT2D eigenvalue weighted by Crippen LogP contribution is -2.46. The normalized spacial score (nSPS) is 15.4. The Bertz CT molecular complexity index is 668. The number of anilines is 1. The first-order chi connectivity index (χ1) is 11.7. The second-order valence-corrected chi connectivity index (χ2v) is 5.92. The van der Waals surface area contributed by atoms with E-state index < -0.39 is 0 Å². The molecule has 0 N–H and O–H groups in total. The lowest BCUT2D eigenvalue weighted by molar-refractivity contribution is 0.246. The Morgan fingerprint density at radius 1 is 0.917 bits per heavy atom. The van der Waals surface area contributed by atoms with Crippen LogP contribution >= 0.6 is 0 Å². The third-order valence-corrected chi connectivity index (χ3v) is 4.45. The minimum absolute atomic E-state index is 0.191. The molecular formula is C19H23FN2O2. The number of nitrogens with zero attached hydrogens (tertiary/aromatic N) is 2. The van der Waals surface area contributed by atoms with Crippen molar-refractivity contribution in [2.75, 3.05) is 45.3 Å². The fraction of sp³-hybridized carbons (Fsp3) is 0.368. The summed E-state index contributed by atoms with van der Waals surface area (Å²) in [6.45, 7) is 4.65. The molecule has 0 amide bonds. The van der Waals surface area contributed by atoms with Crippen molar-refractivity contribution in [1.82, 2.24) is 4.90 Å². The molecule has 1 aliphatic heterocycles. The standard InChI is InChI=1S/C19H23FN2O2/c1-23-18-8-3-15(19(13-18)24-2)14-21-9-11-22(12-10-21)17-6-4-16(20)5-7-17/h3-8,13H,9-12,14H2,1-2H3. The van der Waals surface area contributed by atoms with Crippen LogP contribution in [0.4, 0.5) is 10.1 Å². The molecule has 4 nitrogen and oxygen atoms in total. The Hall–Kier alpha value is -2.27. The number of methoxy groups -OCH3 is 2. The molecule has 0 aromatic heterocycles. The molecule has 24 heavy (non-hydrogen) atoms. The van der Waals surface area contributed by atoms with Crippen molar-refractivity contribution in [3.8, 4) is 11.5 Å². The topological polar surface area (TPSA) is 24.9 Å². The van der Waals surface area contributed by atoms with E-state index in [-0.39, 0.29) is 5.82 Å². The quantitative estimate of drug-likeness (QED) is 0.841. The highest BCUT2D eigenvalue weighted by atomic mass is 19.1. The Labute approximate surface area is 142 Å². The highest BCUT2D eigenvalue weighted by Crippen LogP contribution is 2.26. The SMILES string of the molecule is COc1ccc(CN2CCN(c3ccc(F)cc3)CC2)c(OC)c1. The Kier molecular flexibility index (Phi) is 5.20. The Morgan fingerprint density at radius 3 is 2.25 bits per heavy atom. The summed E-state index contributed by atoms with van der Waals surface area (Å²) in [5.74, 6) is 1.47. The first-order valence-electron chi connectivity index (χ1n) is 8.13. The zero-order valence-corrected chi connectivity index (χ0v) is 14.2. The highest BCUT2D eigenvalue weighted by Gasteiger charge is 2.18. The summed E-state index contributed by atoms with van der Waals surface area (Å²) >= 11 is 0. The van der Waals surface area contributed by atoms with Gasteiger partial charge in [0.2, 0.25) is 0 Å². The van der Waals surface area contributed by atoms with Gasteiger partial charge >= 0.3 is 0 Å². The van der Waals surface area contributed by atoms with Crippen molar-refractivity contribution in [1.29, 1.82) is 0 Å². The van der Waals surface area contributed by atoms with E-state index in [4.69, 9.17) is 9.47 Å². The highest BCUT2D eigenvalue weighted by molar-refractivity contribution is 5.47. The molecular weight excluding hydrogens is 307 g/mol. The van der Waals surface area contributed by atoms with E-state index in [9.17, 15) is 4.39 Å². The van der Waals surface area contributed by atoms with E-state index in [2.05, 4.69) is 15.9 Å². The van der Waals surface area contributed by atoms with Crippen LogP contribution in [0.2, 0.25) is 0 Å². The average molecular weight is 330 g/mol. The van der Waals surface area contributed by atoms with Crippen molar-refractivity contribution in [2.45, 2.75) is 6.54 Å². The lowest BCUT2D eigenvalue weighted by atomic mass is 10.1. The maximum Gasteiger partial charge on any atom is 0.127 e. The van der Waals surface area contributed by atoms with Crippen LogP contribution in [-0.2, 0) is 6.54 Å². The van der Waals surface area contributed by atoms with Crippen LogP contribution in [0.25, 0.3) is 0 Å². The summed E-state index contributed by atoms with van der Waals surface area (Å²) in [7, 11) is 3.34. The molecule has 2 aromatic rings. The molecule has 1 heterocycles. The molecule has 0 saturated carbocycles. The molecule has 0 radical (unpaired) electrons. The van der Waals surface area contributed by atoms with Crippen molar-refractivity contribution in [3.63, 3.8) is 0 Å². The second-order valence-electron chi connectivity index (χ2n) is 5.92. The van der Waals surface area contributed by atoms with Crippen LogP contribution in [0.5, 0.6) is 11.5 Å². The third kappa shape index (κ3) is 3.79. The van der Waals surface area contributed by atoms with E-state index in [1.54, 1.807) is 14.2 Å². The van der Waals surface area contributed by atoms with Crippen LogP contribution < -0.4 is 14.4 Å². The van der Waals surface area contributed by atoms with Gasteiger partial charge in [0, 0.05) is 50.0 Å². The summed E-state index contributed by atoms with van der Waals surface area (Å²) in [5.41, 5.74) is 2.24. The van der Waals surface area contributed by atoms with Crippen molar-refractivity contribution in [3.05, 3.63) is 53.8 Å². The lowest BCUT2D eigenvalue weighted by Gasteiger charge is -2.36. The number of benzene rings is 2. The average Bonchev–Trinajstić information content (AvgIpc) is 2.63. The zero-order chi connectivity index (χ0) is 16.9. The van der Waals surface area contributed by atoms with E-state index in [0.717, 1.165) is 55.5 Å². The maximum atomic E-state index is 13.0. The van der Waals surface area contributed by atoms with Crippen molar-refractivity contribution in [2.24, 2.45) is 0 Å². The van der Waals surface area contributed by atoms with E-state index in [1.165, 1.54) is 12.1 Å². The van der Waals surface area contributed by atoms with E-state index >= 15 is 0 Å². The van der Waals surface area contributed by atoms with Crippen LogP contribution in [0, 0.1) is 5.82 Å². The van der Waals surface area contributed by atoms with Gasteiger partial charge in [0.1, 0.15) is 17.3 Å². The van der Waals surface area contributed by atoms with Gasteiger partial charge in [-0.1, -0.05) is 6.07 Å². The molecule has 0 atom stereocenters. The number of hydrogen-bond donors (Lipinski definition) is 0. The predicted molar refractivity (Wildman–Crippen MR) is 93.4 cm³/mol. The fourth-order valence-electron chi connectivity index (χ4n) is 3.04. The summed E-state index contributed by atoms with van der Waals surface area (Å²) in [5, 5.41) is 0. The minimum Gasteiger partial charge on any atom is -0.497 e. The van der Waals surface area contributed by atoms with Gasteiger partial charge < -0.3 is 14.4 Å². The fourth-order valence-corrected chi connectivity index (χ4v) is 3.04. The summed E-state index contributed by atoms with van der Waals surface area (Å²) in [6.07, 6.45) is 0. The molecule has 0 unspecified atom stereocenters. The molecule has 0 spiro atoms. The van der Waals surface area contributed by atoms with Gasteiger partial charge in [0.15, 0.2) is 0 Å². The van der Waals surface area contributed by atoms with E-state index in [1.807, 2.05) is 24.3 Å². The van der Waals surface area contributed by atoms with Crippen molar-refractivity contribution < 1.29 is 13.9 Å². The van der Waals surface area contributed by atoms with Gasteiger partial charge in [-0.2, -0.15) is 0 Å². The summed E-state index contributed by atoms with van der Waals surface area (Å²) in [6, 6.07) is 12.7. The van der Waals surface area contributed by atoms with Gasteiger partial charge in [-0.15, -0.1) is 0 Å². The molecule has 1 aliphatic rings. The van der Waals surface area contributed by atoms with Crippen LogP contribution in [0.1, 0.15) is 5.56 Å². The summed E-state index contributed by atoms with van der Waals surface area (Å²) < 4.78 is 23.8. The molecule has 1 fully saturated rings. The second kappa shape index (κ2) is 7.53. The predicted octanol–water partition coefficient (Wildman–Crippen LogP) is 3.17. The Morgan fingerprint density at radius 2 is 1.62 bits per heavy atom. The van der Waals surface area contributed by atoms with Gasteiger partial charge in [0.25, 0.3) is 0 Å². The van der Waals surface area contributed by atoms with Crippen LogP contribution in [0.3, 0.4) is 0 Å². The zero-order valence-electron chi connectivity index (χ0n) is 14.2. The van der Waals surface area contributed by atoms with Gasteiger partial charge in [-0.05, 0) is 30.3 Å². The molecule has 1 saturated heterocycles. The molecule has 3 rings (SSSR count). The first kappa shape index (κ1) is 16.6. The maximum absolute atomic E-state index is 13.0. The summed E-state index contributed by atoms with van der Waals surface area (Å²) in [4.78, 5) is 4.70. The molecule has 5 heteroatoms. The number of rotatable bonds is 5. The smallest absolute Gasteiger partial charge is 0.127 e. The number of piperazine rings is 1. The number of ether oxygens (including phenoxy) is 2. The molecule has 2 aromatic carbocycles. The van der Waals surface area contributed by atoms with Crippen molar-refractivity contribution >= 4 is 5.69 Å². The molecule has 0 bridgehead atoms. The van der Waals surface area contributed by atoms with E-state index in [0.29, 0.717) is 0 Å². The minimum atomic E-state index is -0.191. The van der Waals surface area contributed by atoms with Crippen LogP contribution in [-0.4, -0.2) is 45.3 Å². The van der Waals surface area contributed by atoms with Gasteiger partial charge in [-0.25, -0.2) is 4.39 Å². The monoisotopic (exact) mass is 330 g/mol. The van der Waals surface area contributed by atoms with Gasteiger partial charge in [0.05, 0.1) is 14.2 Å². The third-order valence-electron chi connectivity index (χ3n) is 4.45. The Balaban J connectivity index is 1.60. The van der Waals surface area contributed by atoms with Gasteiger partial charge in [-0.3, -0.25) is 4.90 Å². The molecule has 0 aliphatic carbocycles. The largest absolute Gasteiger partial charge is 0.497 e. The number of halogens is 1. The van der Waals surface area contributed by atoms with Crippen LogP contribution in [0.15, 0.2) is 42.5 Å². The molecule has 128 valence electrons.